The van der Waals surface area contributed by atoms with E-state index in [0.717, 1.165) is 0 Å². The van der Waals surface area contributed by atoms with Crippen LogP contribution in [0.2, 0.25) is 0 Å². The van der Waals surface area contributed by atoms with E-state index in [9.17, 15) is 4.79 Å². The summed E-state index contributed by atoms with van der Waals surface area (Å²) >= 11 is 1.38. The summed E-state index contributed by atoms with van der Waals surface area (Å²) in [6.07, 6.45) is 3.29. The molecule has 1 amide bonds. The molecule has 0 unspecified atom stereocenters. The van der Waals surface area contributed by atoms with Gasteiger partial charge in [-0.1, -0.05) is 11.8 Å². The lowest BCUT2D eigenvalue weighted by Crippen LogP contribution is -2.24. The molecule has 0 aromatic carbocycles. The number of rotatable bonds is 3. The highest BCUT2D eigenvalue weighted by Gasteiger charge is 2.10. The van der Waals surface area contributed by atoms with Crippen molar-refractivity contribution in [3.8, 4) is 0 Å². The molecule has 6 heteroatoms. The molecule has 5 nitrogen and oxygen atoms in total. The van der Waals surface area contributed by atoms with Crippen molar-refractivity contribution in [1.29, 1.82) is 0 Å². The van der Waals surface area contributed by atoms with Crippen molar-refractivity contribution < 1.29 is 4.79 Å². The number of carbonyl (C=O) groups is 1. The fourth-order valence-electron chi connectivity index (χ4n) is 0.907. The lowest BCUT2D eigenvalue weighted by molar-refractivity contribution is 0.0956. The normalized spacial score (nSPS) is 9.86. The predicted molar refractivity (Wildman–Crippen MR) is 56.2 cm³/mol. The van der Waals surface area contributed by atoms with E-state index in [1.165, 1.54) is 18.0 Å². The molecule has 0 aliphatic carbocycles. The molecular weight excluding hydrogens is 200 g/mol. The highest BCUT2D eigenvalue weighted by molar-refractivity contribution is 7.98. The van der Waals surface area contributed by atoms with Crippen molar-refractivity contribution in [3.63, 3.8) is 0 Å². The molecule has 0 spiro atoms. The van der Waals surface area contributed by atoms with Gasteiger partial charge in [0.25, 0.3) is 5.91 Å². The summed E-state index contributed by atoms with van der Waals surface area (Å²) in [6.45, 7) is 2.40. The molecule has 0 fully saturated rings. The zero-order valence-corrected chi connectivity index (χ0v) is 8.89. The fourth-order valence-corrected chi connectivity index (χ4v) is 1.25. The number of amides is 1. The van der Waals surface area contributed by atoms with Crippen LogP contribution in [-0.4, -0.2) is 28.7 Å². The van der Waals surface area contributed by atoms with Crippen molar-refractivity contribution >= 4 is 23.5 Å². The van der Waals surface area contributed by atoms with Crippen molar-refractivity contribution in [2.45, 2.75) is 12.1 Å². The summed E-state index contributed by atoms with van der Waals surface area (Å²) in [5.74, 6) is -0.0204. The maximum absolute atomic E-state index is 11.4. The van der Waals surface area contributed by atoms with E-state index in [1.54, 1.807) is 0 Å². The summed E-state index contributed by atoms with van der Waals surface area (Å²) in [5.41, 5.74) is 5.93. The van der Waals surface area contributed by atoms with Gasteiger partial charge in [-0.15, -0.1) is 0 Å². The number of nitrogens with two attached hydrogens (primary N) is 1. The summed E-state index contributed by atoms with van der Waals surface area (Å²) in [6, 6.07) is 0. The number of hydrogen-bond acceptors (Lipinski definition) is 5. The zero-order valence-electron chi connectivity index (χ0n) is 8.07. The fraction of sp³-hybridized carbons (Fsp3) is 0.375. The molecule has 76 valence electrons. The van der Waals surface area contributed by atoms with Crippen LogP contribution in [0, 0.1) is 0 Å². The second-order valence-corrected chi connectivity index (χ2v) is 3.29. The minimum absolute atomic E-state index is 0.218. The molecule has 3 N–H and O–H groups in total. The third-order valence-electron chi connectivity index (χ3n) is 1.56. The van der Waals surface area contributed by atoms with E-state index in [1.807, 2.05) is 13.2 Å². The highest BCUT2D eigenvalue weighted by Crippen LogP contribution is 2.13. The van der Waals surface area contributed by atoms with Crippen molar-refractivity contribution in [2.24, 2.45) is 0 Å². The van der Waals surface area contributed by atoms with Gasteiger partial charge in [0.15, 0.2) is 5.16 Å². The SMILES string of the molecule is CCNC(=O)c1cnc(SC)nc1N. The maximum Gasteiger partial charge on any atom is 0.256 e. The van der Waals surface area contributed by atoms with E-state index in [2.05, 4.69) is 15.3 Å². The molecule has 0 bridgehead atoms. The van der Waals surface area contributed by atoms with Crippen LogP contribution in [0.25, 0.3) is 0 Å². The molecular formula is C8H12N4OS. The standard InChI is InChI=1S/C8H12N4OS/c1-3-10-7(13)5-4-11-8(14-2)12-6(5)9/h4H,3H2,1-2H3,(H,10,13)(H2,9,11,12). The lowest BCUT2D eigenvalue weighted by atomic mass is 10.3. The number of nitrogen functional groups attached to an aromatic ring is 1. The molecule has 0 saturated heterocycles. The monoisotopic (exact) mass is 212 g/mol. The Bertz CT molecular complexity index is 342. The van der Waals surface area contributed by atoms with Gasteiger partial charge in [0.1, 0.15) is 5.82 Å². The Morgan fingerprint density at radius 1 is 1.71 bits per heavy atom. The number of aromatic nitrogens is 2. The third kappa shape index (κ3) is 2.35. The van der Waals surface area contributed by atoms with Crippen LogP contribution in [0.4, 0.5) is 5.82 Å². The number of hydrogen-bond donors (Lipinski definition) is 2. The minimum atomic E-state index is -0.238. The summed E-state index contributed by atoms with van der Waals surface area (Å²) < 4.78 is 0. The number of anilines is 1. The van der Waals surface area contributed by atoms with Gasteiger partial charge in [-0.25, -0.2) is 9.97 Å². The van der Waals surface area contributed by atoms with Gasteiger partial charge in [0.05, 0.1) is 5.56 Å². The number of nitrogens with one attached hydrogen (secondary N) is 1. The first kappa shape index (κ1) is 10.8. The topological polar surface area (TPSA) is 80.9 Å². The molecule has 1 aromatic rings. The summed E-state index contributed by atoms with van der Waals surface area (Å²) in [5, 5.41) is 3.20. The van der Waals surface area contributed by atoms with Gasteiger partial charge in [-0.2, -0.15) is 0 Å². The Morgan fingerprint density at radius 2 is 2.43 bits per heavy atom. The summed E-state index contributed by atoms with van der Waals surface area (Å²) in [4.78, 5) is 19.3. The van der Waals surface area contributed by atoms with Crippen molar-refractivity contribution in [1.82, 2.24) is 15.3 Å². The van der Waals surface area contributed by atoms with Crippen LogP contribution in [0.1, 0.15) is 17.3 Å². The van der Waals surface area contributed by atoms with E-state index in [-0.39, 0.29) is 11.7 Å². The number of thioether (sulfide) groups is 1. The van der Waals surface area contributed by atoms with Gasteiger partial charge in [0.2, 0.25) is 0 Å². The number of nitrogens with zero attached hydrogens (tertiary/aromatic N) is 2. The Kier molecular flexibility index (Phi) is 3.70. The van der Waals surface area contributed by atoms with Crippen LogP contribution in [-0.2, 0) is 0 Å². The smallest absolute Gasteiger partial charge is 0.256 e. The van der Waals surface area contributed by atoms with Gasteiger partial charge >= 0.3 is 0 Å². The minimum Gasteiger partial charge on any atom is -0.383 e. The van der Waals surface area contributed by atoms with Crippen LogP contribution in [0.5, 0.6) is 0 Å². The third-order valence-corrected chi connectivity index (χ3v) is 2.12. The molecule has 1 heterocycles. The van der Waals surface area contributed by atoms with E-state index in [4.69, 9.17) is 5.73 Å². The Hall–Kier alpha value is -1.30. The average Bonchev–Trinajstić information content (AvgIpc) is 2.17. The number of carbonyl (C=O) groups excluding carboxylic acids is 1. The quantitative estimate of drug-likeness (QED) is 0.564. The lowest BCUT2D eigenvalue weighted by Gasteiger charge is -2.04. The van der Waals surface area contributed by atoms with Crippen molar-refractivity contribution in [2.75, 3.05) is 18.5 Å². The molecule has 14 heavy (non-hydrogen) atoms. The first-order valence-electron chi connectivity index (χ1n) is 4.13. The molecule has 0 atom stereocenters. The largest absolute Gasteiger partial charge is 0.383 e. The van der Waals surface area contributed by atoms with Crippen LogP contribution >= 0.6 is 11.8 Å². The van der Waals surface area contributed by atoms with Gasteiger partial charge in [-0.3, -0.25) is 4.79 Å². The first-order chi connectivity index (χ1) is 6.69. The van der Waals surface area contributed by atoms with E-state index < -0.39 is 0 Å². The predicted octanol–water partition coefficient (Wildman–Crippen LogP) is 0.530. The van der Waals surface area contributed by atoms with Gasteiger partial charge in [0, 0.05) is 12.7 Å². The second-order valence-electron chi connectivity index (χ2n) is 2.52. The second kappa shape index (κ2) is 4.80. The van der Waals surface area contributed by atoms with Crippen LogP contribution in [0.3, 0.4) is 0 Å². The van der Waals surface area contributed by atoms with E-state index in [0.29, 0.717) is 17.3 Å². The average molecular weight is 212 g/mol. The van der Waals surface area contributed by atoms with Crippen LogP contribution < -0.4 is 11.1 Å². The highest BCUT2D eigenvalue weighted by atomic mass is 32.2. The van der Waals surface area contributed by atoms with Crippen molar-refractivity contribution in [3.05, 3.63) is 11.8 Å². The first-order valence-corrected chi connectivity index (χ1v) is 5.36. The molecule has 1 rings (SSSR count). The summed E-state index contributed by atoms with van der Waals surface area (Å²) in [7, 11) is 0. The van der Waals surface area contributed by atoms with Crippen LogP contribution in [0.15, 0.2) is 11.4 Å². The maximum atomic E-state index is 11.4. The van der Waals surface area contributed by atoms with Gasteiger partial charge < -0.3 is 11.1 Å². The zero-order chi connectivity index (χ0) is 10.6. The molecule has 1 aromatic heterocycles. The molecule has 0 aliphatic rings. The molecule has 0 aliphatic heterocycles. The Balaban J connectivity index is 2.94. The molecule has 0 radical (unpaired) electrons. The Morgan fingerprint density at radius 3 is 2.93 bits per heavy atom. The molecule has 0 saturated carbocycles. The van der Waals surface area contributed by atoms with E-state index >= 15 is 0 Å². The Labute approximate surface area is 86.5 Å². The van der Waals surface area contributed by atoms with Gasteiger partial charge in [-0.05, 0) is 13.2 Å².